The molecule has 1 unspecified atom stereocenters. The van der Waals surface area contributed by atoms with Crippen molar-refractivity contribution >= 4 is 33.6 Å². The fourth-order valence-electron chi connectivity index (χ4n) is 2.12. The number of anilines is 1. The maximum Gasteiger partial charge on any atom is 0.339 e. The van der Waals surface area contributed by atoms with Crippen LogP contribution in [-0.4, -0.2) is 36.9 Å². The molecule has 0 radical (unpaired) electrons. The molecule has 1 aromatic heterocycles. The van der Waals surface area contributed by atoms with Gasteiger partial charge in [-0.25, -0.2) is 4.79 Å². The lowest BCUT2D eigenvalue weighted by Crippen LogP contribution is -2.30. The maximum absolute atomic E-state index is 12.4. The Kier molecular flexibility index (Phi) is 7.23. The summed E-state index contributed by atoms with van der Waals surface area (Å²) < 4.78 is 21.6. The van der Waals surface area contributed by atoms with Gasteiger partial charge in [0, 0.05) is 6.07 Å². The first-order valence-corrected chi connectivity index (χ1v) is 9.10. The van der Waals surface area contributed by atoms with E-state index in [1.54, 1.807) is 19.1 Å². The van der Waals surface area contributed by atoms with Crippen LogP contribution in [0.5, 0.6) is 11.5 Å². The zero-order valence-electron chi connectivity index (χ0n) is 15.5. The second-order valence-corrected chi connectivity index (χ2v) is 6.55. The summed E-state index contributed by atoms with van der Waals surface area (Å²) in [7, 11) is 1.48. The van der Waals surface area contributed by atoms with Crippen molar-refractivity contribution in [3.05, 3.63) is 34.0 Å². The van der Waals surface area contributed by atoms with E-state index in [2.05, 4.69) is 26.4 Å². The quantitative estimate of drug-likeness (QED) is 0.624. The lowest BCUT2D eigenvalue weighted by Gasteiger charge is -2.15. The summed E-state index contributed by atoms with van der Waals surface area (Å²) in [4.78, 5) is 24.5. The second-order valence-electron chi connectivity index (χ2n) is 5.70. The predicted molar refractivity (Wildman–Crippen MR) is 101 cm³/mol. The van der Waals surface area contributed by atoms with Crippen molar-refractivity contribution in [3.63, 3.8) is 0 Å². The zero-order chi connectivity index (χ0) is 20.0. The van der Waals surface area contributed by atoms with Gasteiger partial charge in [0.05, 0.1) is 23.8 Å². The number of hydrogen-bond acceptors (Lipinski definition) is 7. The van der Waals surface area contributed by atoms with Crippen LogP contribution in [0.4, 0.5) is 5.82 Å². The van der Waals surface area contributed by atoms with Crippen molar-refractivity contribution in [3.8, 4) is 11.5 Å². The predicted octanol–water partition coefficient (Wildman–Crippen LogP) is 3.73. The van der Waals surface area contributed by atoms with Gasteiger partial charge in [-0.2, -0.15) is 0 Å². The van der Waals surface area contributed by atoms with Gasteiger partial charge in [-0.15, -0.1) is 0 Å². The number of halogens is 1. The molecule has 0 spiro atoms. The van der Waals surface area contributed by atoms with Gasteiger partial charge in [-0.05, 0) is 48.3 Å². The number of carbonyl (C=O) groups excluding carboxylic acids is 2. The van der Waals surface area contributed by atoms with Crippen LogP contribution >= 0.6 is 15.9 Å². The number of rotatable bonds is 8. The molecule has 1 N–H and O–H groups in total. The fourth-order valence-corrected chi connectivity index (χ4v) is 2.67. The summed E-state index contributed by atoms with van der Waals surface area (Å²) in [6, 6.07) is 4.62. The zero-order valence-corrected chi connectivity index (χ0v) is 17.1. The summed E-state index contributed by atoms with van der Waals surface area (Å²) in [5.41, 5.74) is 0.222. The average Bonchev–Trinajstić information content (AvgIpc) is 3.04. The van der Waals surface area contributed by atoms with E-state index in [4.69, 9.17) is 18.7 Å². The molecule has 2 aromatic rings. The van der Waals surface area contributed by atoms with Crippen LogP contribution in [0, 0.1) is 6.92 Å². The Hall–Kier alpha value is -2.55. The molecule has 8 nitrogen and oxygen atoms in total. The van der Waals surface area contributed by atoms with E-state index in [-0.39, 0.29) is 11.4 Å². The molecule has 0 saturated carbocycles. The summed E-state index contributed by atoms with van der Waals surface area (Å²) in [5.74, 6) is 0.503. The molecule has 1 heterocycles. The van der Waals surface area contributed by atoms with Crippen molar-refractivity contribution in [1.29, 1.82) is 0 Å². The number of nitrogens with one attached hydrogen (secondary N) is 1. The number of carbonyl (C=O) groups is 2. The first-order valence-electron chi connectivity index (χ1n) is 8.31. The summed E-state index contributed by atoms with van der Waals surface area (Å²) in [5, 5.41) is 6.17. The molecule has 0 fully saturated rings. The number of ether oxygens (including phenoxy) is 3. The molecule has 0 aliphatic rings. The first-order chi connectivity index (χ1) is 12.8. The molecule has 0 aliphatic carbocycles. The number of amides is 1. The normalized spacial score (nSPS) is 11.6. The lowest BCUT2D eigenvalue weighted by molar-refractivity contribution is -0.123. The molecule has 0 saturated heterocycles. The number of aromatic nitrogens is 1. The minimum absolute atomic E-state index is 0.222. The van der Waals surface area contributed by atoms with Crippen LogP contribution in [0.3, 0.4) is 0 Å². The third-order valence-corrected chi connectivity index (χ3v) is 4.04. The summed E-state index contributed by atoms with van der Waals surface area (Å²) in [6.45, 7) is 5.66. The number of aryl methyl sites for hydroxylation is 1. The van der Waals surface area contributed by atoms with E-state index in [9.17, 15) is 9.59 Å². The van der Waals surface area contributed by atoms with Crippen molar-refractivity contribution in [2.75, 3.05) is 19.0 Å². The highest BCUT2D eigenvalue weighted by Gasteiger charge is 2.22. The molecule has 9 heteroatoms. The SMILES string of the molecule is CCCOc1c(Br)cc(C(=O)OC(C)C(=O)Nc2cc(C)on2)cc1OC. The number of nitrogens with zero attached hydrogens (tertiary/aromatic N) is 1. The van der Waals surface area contributed by atoms with Gasteiger partial charge in [0.25, 0.3) is 5.91 Å². The minimum atomic E-state index is -1.03. The van der Waals surface area contributed by atoms with Crippen molar-refractivity contribution in [1.82, 2.24) is 5.16 Å². The van der Waals surface area contributed by atoms with Crippen LogP contribution in [0.25, 0.3) is 0 Å². The lowest BCUT2D eigenvalue weighted by atomic mass is 10.2. The molecular formula is C18H21BrN2O6. The number of hydrogen-bond donors (Lipinski definition) is 1. The highest BCUT2D eigenvalue weighted by Crippen LogP contribution is 2.37. The number of methoxy groups -OCH3 is 1. The average molecular weight is 441 g/mol. The minimum Gasteiger partial charge on any atom is -0.493 e. The highest BCUT2D eigenvalue weighted by atomic mass is 79.9. The van der Waals surface area contributed by atoms with Crippen LogP contribution in [0.1, 0.15) is 36.4 Å². The van der Waals surface area contributed by atoms with E-state index in [1.807, 2.05) is 6.92 Å². The number of esters is 1. The van der Waals surface area contributed by atoms with Gasteiger partial charge >= 0.3 is 5.97 Å². The number of benzene rings is 1. The second kappa shape index (κ2) is 9.40. The van der Waals surface area contributed by atoms with Crippen LogP contribution in [0.15, 0.2) is 27.2 Å². The van der Waals surface area contributed by atoms with E-state index in [1.165, 1.54) is 20.1 Å². The standard InChI is InChI=1S/C18H21BrN2O6/c1-5-6-25-16-13(19)8-12(9-14(16)24-4)18(23)26-11(3)17(22)20-15-7-10(2)27-21-15/h7-9,11H,5-6H2,1-4H3,(H,20,21,22). The third-order valence-electron chi connectivity index (χ3n) is 3.45. The molecule has 0 bridgehead atoms. The Morgan fingerprint density at radius 2 is 2.07 bits per heavy atom. The Bertz CT molecular complexity index is 820. The van der Waals surface area contributed by atoms with Crippen molar-refractivity contribution < 1.29 is 28.3 Å². The van der Waals surface area contributed by atoms with Crippen LogP contribution < -0.4 is 14.8 Å². The fraction of sp³-hybridized carbons (Fsp3) is 0.389. The Morgan fingerprint density at radius 3 is 2.67 bits per heavy atom. The molecule has 1 amide bonds. The molecule has 1 aromatic carbocycles. The van der Waals surface area contributed by atoms with Gasteiger partial charge in [-0.1, -0.05) is 12.1 Å². The molecular weight excluding hydrogens is 420 g/mol. The van der Waals surface area contributed by atoms with Crippen molar-refractivity contribution in [2.45, 2.75) is 33.3 Å². The van der Waals surface area contributed by atoms with Crippen LogP contribution in [0.2, 0.25) is 0 Å². The third kappa shape index (κ3) is 5.46. The van der Waals surface area contributed by atoms with Gasteiger partial charge in [-0.3, -0.25) is 4.79 Å². The first kappa shape index (κ1) is 20.8. The Balaban J connectivity index is 2.07. The topological polar surface area (TPSA) is 99.9 Å². The molecule has 2 rings (SSSR count). The molecule has 1 atom stereocenters. The largest absolute Gasteiger partial charge is 0.493 e. The smallest absolute Gasteiger partial charge is 0.339 e. The van der Waals surface area contributed by atoms with E-state index in [0.29, 0.717) is 28.3 Å². The molecule has 27 heavy (non-hydrogen) atoms. The van der Waals surface area contributed by atoms with Crippen LogP contribution in [-0.2, 0) is 9.53 Å². The summed E-state index contributed by atoms with van der Waals surface area (Å²) in [6.07, 6.45) is -0.202. The van der Waals surface area contributed by atoms with Gasteiger partial charge in [0.2, 0.25) is 0 Å². The van der Waals surface area contributed by atoms with Gasteiger partial charge < -0.3 is 24.1 Å². The van der Waals surface area contributed by atoms with E-state index < -0.39 is 18.0 Å². The maximum atomic E-state index is 12.4. The molecule has 0 aliphatic heterocycles. The highest BCUT2D eigenvalue weighted by molar-refractivity contribution is 9.10. The Morgan fingerprint density at radius 1 is 1.33 bits per heavy atom. The molecule has 146 valence electrons. The van der Waals surface area contributed by atoms with Gasteiger partial charge in [0.1, 0.15) is 5.76 Å². The van der Waals surface area contributed by atoms with Gasteiger partial charge in [0.15, 0.2) is 23.4 Å². The summed E-state index contributed by atoms with van der Waals surface area (Å²) >= 11 is 3.37. The Labute approximate surface area is 165 Å². The van der Waals surface area contributed by atoms with E-state index >= 15 is 0 Å². The van der Waals surface area contributed by atoms with Crippen molar-refractivity contribution in [2.24, 2.45) is 0 Å². The van der Waals surface area contributed by atoms with E-state index in [0.717, 1.165) is 6.42 Å². The monoisotopic (exact) mass is 440 g/mol.